The Kier molecular flexibility index (Phi) is 5.51. The zero-order valence-corrected chi connectivity index (χ0v) is 15.4. The number of nitrogens with zero attached hydrogens (tertiary/aromatic N) is 6. The molecule has 1 N–H and O–H groups in total. The fourth-order valence-electron chi connectivity index (χ4n) is 3.25. The van der Waals surface area contributed by atoms with E-state index in [9.17, 15) is 4.79 Å². The number of aryl methyl sites for hydroxylation is 1. The van der Waals surface area contributed by atoms with Crippen LogP contribution in [0.15, 0.2) is 47.6 Å². The molecule has 1 aliphatic heterocycles. The molecule has 9 heteroatoms. The standard InChI is InChI=1S/C19H21N7O2/c27-17(5-6-18-24-19(25-28-18)14-3-1-7-20-11-14)23-15-4-2-10-26(13-15)16-12-21-8-9-22-16/h1,3,7-9,11-12,15H,2,4-6,10,13H2,(H,23,27)/t15-/m0/s1. The van der Waals surface area contributed by atoms with Crippen molar-refractivity contribution in [1.82, 2.24) is 30.4 Å². The summed E-state index contributed by atoms with van der Waals surface area (Å²) in [6, 6.07) is 3.77. The average molecular weight is 379 g/mol. The first kappa shape index (κ1) is 18.0. The van der Waals surface area contributed by atoms with Crippen LogP contribution in [0.5, 0.6) is 0 Å². The summed E-state index contributed by atoms with van der Waals surface area (Å²) in [5, 5.41) is 7.04. The van der Waals surface area contributed by atoms with Gasteiger partial charge in [-0.3, -0.25) is 14.8 Å². The van der Waals surface area contributed by atoms with E-state index in [4.69, 9.17) is 4.52 Å². The minimum absolute atomic E-state index is 0.0212. The van der Waals surface area contributed by atoms with Crippen LogP contribution in [-0.4, -0.2) is 50.1 Å². The summed E-state index contributed by atoms with van der Waals surface area (Å²) in [4.78, 5) is 31.3. The number of hydrogen-bond acceptors (Lipinski definition) is 8. The first-order chi connectivity index (χ1) is 13.8. The molecule has 0 spiro atoms. The molecule has 0 aromatic carbocycles. The highest BCUT2D eigenvalue weighted by Gasteiger charge is 2.22. The Hall–Kier alpha value is -3.36. The quantitative estimate of drug-likeness (QED) is 0.688. The fourth-order valence-corrected chi connectivity index (χ4v) is 3.25. The van der Waals surface area contributed by atoms with Crippen molar-refractivity contribution in [3.63, 3.8) is 0 Å². The number of rotatable bonds is 6. The van der Waals surface area contributed by atoms with Crippen LogP contribution in [0.25, 0.3) is 11.4 Å². The Morgan fingerprint density at radius 1 is 1.25 bits per heavy atom. The normalized spacial score (nSPS) is 16.7. The van der Waals surface area contributed by atoms with Crippen molar-refractivity contribution in [3.05, 3.63) is 49.0 Å². The molecule has 28 heavy (non-hydrogen) atoms. The monoisotopic (exact) mass is 379 g/mol. The average Bonchev–Trinajstić information content (AvgIpc) is 3.23. The van der Waals surface area contributed by atoms with Gasteiger partial charge in [-0.05, 0) is 25.0 Å². The van der Waals surface area contributed by atoms with Crippen LogP contribution in [0.1, 0.15) is 25.2 Å². The highest BCUT2D eigenvalue weighted by molar-refractivity contribution is 5.76. The van der Waals surface area contributed by atoms with Gasteiger partial charge in [0.15, 0.2) is 0 Å². The van der Waals surface area contributed by atoms with Gasteiger partial charge >= 0.3 is 0 Å². The maximum Gasteiger partial charge on any atom is 0.227 e. The molecule has 3 aromatic rings. The van der Waals surface area contributed by atoms with Crippen LogP contribution in [0.2, 0.25) is 0 Å². The molecule has 144 valence electrons. The topological polar surface area (TPSA) is 110 Å². The summed E-state index contributed by atoms with van der Waals surface area (Å²) < 4.78 is 5.24. The van der Waals surface area contributed by atoms with E-state index in [-0.39, 0.29) is 11.9 Å². The van der Waals surface area contributed by atoms with Gasteiger partial charge in [0.05, 0.1) is 6.20 Å². The molecular formula is C19H21N7O2. The zero-order chi connectivity index (χ0) is 19.2. The Morgan fingerprint density at radius 2 is 2.18 bits per heavy atom. The zero-order valence-electron chi connectivity index (χ0n) is 15.4. The third-order valence-corrected chi connectivity index (χ3v) is 4.61. The second kappa shape index (κ2) is 8.55. The van der Waals surface area contributed by atoms with Gasteiger partial charge in [0, 0.05) is 62.3 Å². The second-order valence-electron chi connectivity index (χ2n) is 6.67. The lowest BCUT2D eigenvalue weighted by molar-refractivity contribution is -0.121. The van der Waals surface area contributed by atoms with Gasteiger partial charge in [-0.25, -0.2) is 4.98 Å². The van der Waals surface area contributed by atoms with Gasteiger partial charge in [-0.15, -0.1) is 0 Å². The number of amides is 1. The summed E-state index contributed by atoms with van der Waals surface area (Å²) in [5.41, 5.74) is 0.785. The van der Waals surface area contributed by atoms with Crippen molar-refractivity contribution in [2.24, 2.45) is 0 Å². The van der Waals surface area contributed by atoms with E-state index in [0.717, 1.165) is 37.3 Å². The van der Waals surface area contributed by atoms with Crippen molar-refractivity contribution >= 4 is 11.7 Å². The minimum atomic E-state index is -0.0212. The number of carbonyl (C=O) groups is 1. The molecule has 3 aromatic heterocycles. The van der Waals surface area contributed by atoms with Crippen LogP contribution >= 0.6 is 0 Å². The van der Waals surface area contributed by atoms with E-state index in [1.54, 1.807) is 31.0 Å². The molecule has 0 unspecified atom stereocenters. The van der Waals surface area contributed by atoms with Crippen LogP contribution in [-0.2, 0) is 11.2 Å². The Balaban J connectivity index is 1.27. The fraction of sp³-hybridized carbons (Fsp3) is 0.368. The number of nitrogens with one attached hydrogen (secondary N) is 1. The van der Waals surface area contributed by atoms with Crippen LogP contribution in [0.4, 0.5) is 5.82 Å². The summed E-state index contributed by atoms with van der Waals surface area (Å²) in [7, 11) is 0. The second-order valence-corrected chi connectivity index (χ2v) is 6.67. The van der Waals surface area contributed by atoms with Crippen LogP contribution in [0.3, 0.4) is 0 Å². The smallest absolute Gasteiger partial charge is 0.227 e. The largest absolute Gasteiger partial charge is 0.353 e. The number of anilines is 1. The van der Waals surface area contributed by atoms with E-state index in [1.807, 2.05) is 12.1 Å². The number of hydrogen-bond donors (Lipinski definition) is 1. The molecule has 0 radical (unpaired) electrons. The number of aromatic nitrogens is 5. The first-order valence-electron chi connectivity index (χ1n) is 9.31. The van der Waals surface area contributed by atoms with Crippen molar-refractivity contribution < 1.29 is 9.32 Å². The maximum absolute atomic E-state index is 12.3. The molecule has 4 rings (SSSR count). The van der Waals surface area contributed by atoms with Crippen LogP contribution in [0, 0.1) is 0 Å². The summed E-state index contributed by atoms with van der Waals surface area (Å²) in [6.07, 6.45) is 11.1. The van der Waals surface area contributed by atoms with Crippen LogP contribution < -0.4 is 10.2 Å². The number of carbonyl (C=O) groups excluding carboxylic acids is 1. The first-order valence-corrected chi connectivity index (χ1v) is 9.31. The molecule has 0 saturated carbocycles. The van der Waals surface area contributed by atoms with Crippen molar-refractivity contribution in [1.29, 1.82) is 0 Å². The number of piperidine rings is 1. The Labute approximate surface area is 162 Å². The predicted molar refractivity (Wildman–Crippen MR) is 101 cm³/mol. The van der Waals surface area contributed by atoms with E-state index in [2.05, 4.69) is 35.3 Å². The maximum atomic E-state index is 12.3. The molecule has 1 fully saturated rings. The van der Waals surface area contributed by atoms with E-state index in [0.29, 0.717) is 24.6 Å². The van der Waals surface area contributed by atoms with Crippen molar-refractivity contribution in [3.8, 4) is 11.4 Å². The lowest BCUT2D eigenvalue weighted by Gasteiger charge is -2.33. The summed E-state index contributed by atoms with van der Waals surface area (Å²) in [6.45, 7) is 1.65. The molecule has 1 aliphatic rings. The van der Waals surface area contributed by atoms with Gasteiger partial charge in [0.1, 0.15) is 5.82 Å². The number of pyridine rings is 1. The predicted octanol–water partition coefficient (Wildman–Crippen LogP) is 1.64. The van der Waals surface area contributed by atoms with Gasteiger partial charge in [-0.2, -0.15) is 4.98 Å². The highest BCUT2D eigenvalue weighted by atomic mass is 16.5. The summed E-state index contributed by atoms with van der Waals surface area (Å²) >= 11 is 0. The minimum Gasteiger partial charge on any atom is -0.353 e. The van der Waals surface area contributed by atoms with Gasteiger partial charge in [0.25, 0.3) is 0 Å². The third-order valence-electron chi connectivity index (χ3n) is 4.61. The molecular weight excluding hydrogens is 358 g/mol. The molecule has 0 bridgehead atoms. The van der Waals surface area contributed by atoms with Gasteiger partial charge < -0.3 is 14.7 Å². The molecule has 9 nitrogen and oxygen atoms in total. The SMILES string of the molecule is O=C(CCc1nc(-c2cccnc2)no1)N[C@H]1CCCN(c2cnccn2)C1. The molecule has 0 aliphatic carbocycles. The third kappa shape index (κ3) is 4.48. The van der Waals surface area contributed by atoms with Gasteiger partial charge in [-0.1, -0.05) is 5.16 Å². The molecule has 4 heterocycles. The molecule has 1 saturated heterocycles. The lowest BCUT2D eigenvalue weighted by Crippen LogP contribution is -2.48. The van der Waals surface area contributed by atoms with Crippen molar-refractivity contribution in [2.45, 2.75) is 31.7 Å². The van der Waals surface area contributed by atoms with E-state index in [1.165, 1.54) is 0 Å². The molecule has 1 atom stereocenters. The highest BCUT2D eigenvalue weighted by Crippen LogP contribution is 2.17. The van der Waals surface area contributed by atoms with E-state index >= 15 is 0 Å². The summed E-state index contributed by atoms with van der Waals surface area (Å²) in [5.74, 6) is 1.75. The Morgan fingerprint density at radius 3 is 3.00 bits per heavy atom. The Bertz CT molecular complexity index is 901. The van der Waals surface area contributed by atoms with Crippen molar-refractivity contribution in [2.75, 3.05) is 18.0 Å². The lowest BCUT2D eigenvalue weighted by atomic mass is 10.1. The van der Waals surface area contributed by atoms with Gasteiger partial charge in [0.2, 0.25) is 17.6 Å². The van der Waals surface area contributed by atoms with E-state index < -0.39 is 0 Å². The molecule has 1 amide bonds.